The van der Waals surface area contributed by atoms with Crippen molar-refractivity contribution in [3.05, 3.63) is 94.7 Å². The Balaban J connectivity index is 1.77. The van der Waals surface area contributed by atoms with Gasteiger partial charge in [0.15, 0.2) is 0 Å². The highest BCUT2D eigenvalue weighted by molar-refractivity contribution is 6.46. The van der Waals surface area contributed by atoms with Crippen LogP contribution in [-0.4, -0.2) is 17.9 Å². The van der Waals surface area contributed by atoms with Gasteiger partial charge in [0.2, 0.25) is 0 Å². The molecule has 5 heteroatoms. The van der Waals surface area contributed by atoms with E-state index in [1.165, 1.54) is 4.90 Å². The van der Waals surface area contributed by atoms with Gasteiger partial charge in [-0.1, -0.05) is 42.0 Å². The summed E-state index contributed by atoms with van der Waals surface area (Å²) in [5.74, 6) is -0.0449. The van der Waals surface area contributed by atoms with Crippen LogP contribution in [0, 0.1) is 20.8 Å². The van der Waals surface area contributed by atoms with E-state index in [4.69, 9.17) is 4.74 Å². The summed E-state index contributed by atoms with van der Waals surface area (Å²) in [7, 11) is 0. The summed E-state index contributed by atoms with van der Waals surface area (Å²) in [6, 6.07) is 20.5. The first-order valence-electron chi connectivity index (χ1n) is 11.1. The van der Waals surface area contributed by atoms with Gasteiger partial charge in [-0.3, -0.25) is 9.59 Å². The zero-order valence-electron chi connectivity index (χ0n) is 19.6. The van der Waals surface area contributed by atoms with E-state index in [1.807, 2.05) is 77.1 Å². The number of hydrogen-bond acceptors (Lipinski definition) is 4. The lowest BCUT2D eigenvalue weighted by atomic mass is 10.0. The van der Waals surface area contributed by atoms with E-state index < -0.39 is 0 Å². The molecule has 0 fully saturated rings. The molecule has 0 aromatic heterocycles. The number of carbonyl (C=O) groups is 2. The average molecular weight is 441 g/mol. The Hall–Kier alpha value is -3.86. The van der Waals surface area contributed by atoms with Gasteiger partial charge in [-0.2, -0.15) is 0 Å². The number of nitrogens with one attached hydrogen (secondary N) is 1. The smallest absolute Gasteiger partial charge is 0.282 e. The maximum Gasteiger partial charge on any atom is 0.282 e. The van der Waals surface area contributed by atoms with Crippen molar-refractivity contribution in [2.24, 2.45) is 0 Å². The number of nitrogens with zero attached hydrogens (tertiary/aromatic N) is 1. The second-order valence-corrected chi connectivity index (χ2v) is 8.59. The largest absolute Gasteiger partial charge is 0.491 e. The predicted octanol–water partition coefficient (Wildman–Crippen LogP) is 5.80. The van der Waals surface area contributed by atoms with Gasteiger partial charge in [-0.25, -0.2) is 4.90 Å². The highest BCUT2D eigenvalue weighted by atomic mass is 16.5. The molecule has 0 radical (unpaired) electrons. The number of hydrogen-bond donors (Lipinski definition) is 1. The average Bonchev–Trinajstić information content (AvgIpc) is 3.02. The molecule has 1 aliphatic heterocycles. The number of aryl methyl sites for hydroxylation is 2. The van der Waals surface area contributed by atoms with E-state index in [0.717, 1.165) is 22.4 Å². The van der Waals surface area contributed by atoms with Crippen LogP contribution in [0.15, 0.2) is 72.4 Å². The summed E-state index contributed by atoms with van der Waals surface area (Å²) in [6.07, 6.45) is 0.0362. The van der Waals surface area contributed by atoms with Crippen LogP contribution in [0.1, 0.15) is 36.1 Å². The summed E-state index contributed by atoms with van der Waals surface area (Å²) in [4.78, 5) is 28.4. The van der Waals surface area contributed by atoms with E-state index in [-0.39, 0.29) is 23.6 Å². The van der Waals surface area contributed by atoms with Crippen LogP contribution < -0.4 is 15.0 Å². The van der Waals surface area contributed by atoms with Gasteiger partial charge in [0.1, 0.15) is 11.4 Å². The Kier molecular flexibility index (Phi) is 6.05. The Morgan fingerprint density at radius 3 is 2.12 bits per heavy atom. The maximum absolute atomic E-state index is 13.6. The molecular formula is C28H28N2O3. The van der Waals surface area contributed by atoms with E-state index >= 15 is 0 Å². The minimum atomic E-state index is -0.381. The first-order valence-corrected chi connectivity index (χ1v) is 11.1. The van der Waals surface area contributed by atoms with E-state index in [0.29, 0.717) is 22.6 Å². The number of amides is 2. The fraction of sp³-hybridized carbons (Fsp3) is 0.214. The minimum absolute atomic E-state index is 0.0362. The van der Waals surface area contributed by atoms with Gasteiger partial charge >= 0.3 is 0 Å². The van der Waals surface area contributed by atoms with Crippen LogP contribution in [0.3, 0.4) is 0 Å². The molecule has 1 N–H and O–H groups in total. The summed E-state index contributed by atoms with van der Waals surface area (Å²) in [5, 5.41) is 3.27. The molecule has 0 aliphatic carbocycles. The van der Waals surface area contributed by atoms with Crippen molar-refractivity contribution in [3.8, 4) is 5.75 Å². The maximum atomic E-state index is 13.6. The van der Waals surface area contributed by atoms with Crippen molar-refractivity contribution in [1.82, 2.24) is 0 Å². The van der Waals surface area contributed by atoms with Crippen molar-refractivity contribution >= 4 is 28.8 Å². The molecule has 33 heavy (non-hydrogen) atoms. The van der Waals surface area contributed by atoms with Crippen LogP contribution in [0.5, 0.6) is 5.75 Å². The second kappa shape index (κ2) is 8.94. The molecule has 1 heterocycles. The Bertz CT molecular complexity index is 1240. The second-order valence-electron chi connectivity index (χ2n) is 8.59. The van der Waals surface area contributed by atoms with Gasteiger partial charge in [-0.05, 0) is 81.6 Å². The lowest BCUT2D eigenvalue weighted by molar-refractivity contribution is -0.120. The van der Waals surface area contributed by atoms with Crippen LogP contribution >= 0.6 is 0 Å². The fourth-order valence-electron chi connectivity index (χ4n) is 3.84. The summed E-state index contributed by atoms with van der Waals surface area (Å²) in [5.41, 5.74) is 5.87. The molecule has 4 rings (SSSR count). The number of ether oxygens (including phenoxy) is 1. The first kappa shape index (κ1) is 22.3. The molecule has 1 aliphatic rings. The molecule has 3 aromatic carbocycles. The number of anilines is 2. The molecule has 0 saturated heterocycles. The Morgan fingerprint density at radius 2 is 1.48 bits per heavy atom. The van der Waals surface area contributed by atoms with Gasteiger partial charge in [0, 0.05) is 5.69 Å². The van der Waals surface area contributed by atoms with Crippen molar-refractivity contribution in [2.45, 2.75) is 40.7 Å². The topological polar surface area (TPSA) is 58.6 Å². The molecule has 5 nitrogen and oxygen atoms in total. The quantitative estimate of drug-likeness (QED) is 0.493. The van der Waals surface area contributed by atoms with Gasteiger partial charge < -0.3 is 10.1 Å². The highest BCUT2D eigenvalue weighted by Gasteiger charge is 2.40. The number of imide groups is 1. The van der Waals surface area contributed by atoms with Crippen LogP contribution in [0.25, 0.3) is 5.57 Å². The molecule has 2 amide bonds. The standard InChI is InChI=1S/C28H28N2O3/c1-17(2)33-23-15-13-22(14-16-23)30-27(31)25(21-11-9-18(3)10-12-21)26(28(30)32)29-24-8-6-7-19(4)20(24)5/h6-17,29H,1-5H3. The van der Waals surface area contributed by atoms with Gasteiger partial charge in [0.25, 0.3) is 11.8 Å². The molecule has 0 spiro atoms. The molecule has 0 bridgehead atoms. The number of rotatable bonds is 6. The normalized spacial score (nSPS) is 13.8. The van der Waals surface area contributed by atoms with E-state index in [2.05, 4.69) is 5.32 Å². The highest BCUT2D eigenvalue weighted by Crippen LogP contribution is 2.35. The molecule has 0 unspecified atom stereocenters. The first-order chi connectivity index (χ1) is 15.8. The zero-order valence-corrected chi connectivity index (χ0v) is 19.6. The van der Waals surface area contributed by atoms with E-state index in [9.17, 15) is 9.59 Å². The van der Waals surface area contributed by atoms with Crippen LogP contribution in [0.2, 0.25) is 0 Å². The third-order valence-corrected chi connectivity index (χ3v) is 5.76. The number of benzene rings is 3. The van der Waals surface area contributed by atoms with Crippen LogP contribution in [0.4, 0.5) is 11.4 Å². The SMILES string of the molecule is Cc1ccc(C2=C(Nc3cccc(C)c3C)C(=O)N(c3ccc(OC(C)C)cc3)C2=O)cc1. The lowest BCUT2D eigenvalue weighted by Gasteiger charge is -2.17. The Morgan fingerprint density at radius 1 is 0.818 bits per heavy atom. The minimum Gasteiger partial charge on any atom is -0.491 e. The fourth-order valence-corrected chi connectivity index (χ4v) is 3.84. The van der Waals surface area contributed by atoms with Gasteiger partial charge in [-0.15, -0.1) is 0 Å². The monoisotopic (exact) mass is 440 g/mol. The summed E-state index contributed by atoms with van der Waals surface area (Å²) in [6.45, 7) is 9.90. The molecule has 168 valence electrons. The summed E-state index contributed by atoms with van der Waals surface area (Å²) >= 11 is 0. The molecule has 0 atom stereocenters. The third-order valence-electron chi connectivity index (χ3n) is 5.76. The summed E-state index contributed by atoms with van der Waals surface area (Å²) < 4.78 is 5.70. The van der Waals surface area contributed by atoms with Gasteiger partial charge in [0.05, 0.1) is 17.4 Å². The molecular weight excluding hydrogens is 412 g/mol. The van der Waals surface area contributed by atoms with E-state index in [1.54, 1.807) is 24.3 Å². The predicted molar refractivity (Wildman–Crippen MR) is 132 cm³/mol. The van der Waals surface area contributed by atoms with Crippen molar-refractivity contribution in [1.29, 1.82) is 0 Å². The Labute approximate surface area is 194 Å². The molecule has 3 aromatic rings. The third kappa shape index (κ3) is 4.40. The number of carbonyl (C=O) groups excluding carboxylic acids is 2. The zero-order chi connectivity index (χ0) is 23.7. The van der Waals surface area contributed by atoms with Crippen LogP contribution in [-0.2, 0) is 9.59 Å². The van der Waals surface area contributed by atoms with Crippen molar-refractivity contribution < 1.29 is 14.3 Å². The van der Waals surface area contributed by atoms with Crippen molar-refractivity contribution in [2.75, 3.05) is 10.2 Å². The van der Waals surface area contributed by atoms with Crippen molar-refractivity contribution in [3.63, 3.8) is 0 Å². The lowest BCUT2D eigenvalue weighted by Crippen LogP contribution is -2.32. The molecule has 0 saturated carbocycles.